The van der Waals surface area contributed by atoms with E-state index in [1.807, 2.05) is 0 Å². The molecule has 45 heavy (non-hydrogen) atoms. The maximum Gasteiger partial charge on any atom is 0.305 e. The molecule has 0 aromatic heterocycles. The molecule has 0 fully saturated rings. The molecule has 0 spiro atoms. The van der Waals surface area contributed by atoms with E-state index in [4.69, 9.17) is 10.2 Å². The van der Waals surface area contributed by atoms with E-state index in [1.165, 1.54) is 26.0 Å². The van der Waals surface area contributed by atoms with E-state index in [2.05, 4.69) is 26.6 Å². The summed E-state index contributed by atoms with van der Waals surface area (Å²) in [6, 6.07) is -1.82. The number of nitrogens with zero attached hydrogens (tertiary/aromatic N) is 1. The van der Waals surface area contributed by atoms with Crippen molar-refractivity contribution in [3.63, 3.8) is 0 Å². The fraction of sp³-hybridized carbons (Fsp3) is 0.462. The molecular formula is C26H34N6O13. The van der Waals surface area contributed by atoms with Gasteiger partial charge in [-0.05, 0) is 24.5 Å². The first-order chi connectivity index (χ1) is 20.9. The SMILES string of the molecule is CC(=O)N[C@@H](CC(=O)O)C(=O)NC(CCC(=O)O)C(=O)NC(C(=O)NC(CC(=O)O)C(=O)Nc1ccc([N+](=O)[O-])cc1)C(C)C. The molecule has 19 nitrogen and oxygen atoms in total. The van der Waals surface area contributed by atoms with Crippen LogP contribution in [0.2, 0.25) is 0 Å². The molecule has 0 aliphatic carbocycles. The first-order valence-corrected chi connectivity index (χ1v) is 13.3. The summed E-state index contributed by atoms with van der Waals surface area (Å²) in [4.78, 5) is 107. The van der Waals surface area contributed by atoms with E-state index in [1.54, 1.807) is 0 Å². The number of hydrogen-bond donors (Lipinski definition) is 8. The van der Waals surface area contributed by atoms with E-state index in [9.17, 15) is 53.6 Å². The predicted octanol–water partition coefficient (Wildman–Crippen LogP) is -1.04. The lowest BCUT2D eigenvalue weighted by atomic mass is 10.0. The molecule has 246 valence electrons. The van der Waals surface area contributed by atoms with E-state index < -0.39 is 108 Å². The molecule has 3 unspecified atom stereocenters. The Hall–Kier alpha value is -5.62. The van der Waals surface area contributed by atoms with Crippen molar-refractivity contribution >= 4 is 58.8 Å². The number of amides is 5. The van der Waals surface area contributed by atoms with Gasteiger partial charge in [-0.15, -0.1) is 0 Å². The number of nitrogens with one attached hydrogen (secondary N) is 5. The Kier molecular flexibility index (Phi) is 14.5. The first kappa shape index (κ1) is 37.4. The number of non-ortho nitro benzene ring substituents is 1. The third-order valence-corrected chi connectivity index (χ3v) is 5.96. The van der Waals surface area contributed by atoms with Crippen LogP contribution in [0.25, 0.3) is 0 Å². The summed E-state index contributed by atoms with van der Waals surface area (Å²) in [6.07, 6.45) is -2.89. The number of benzene rings is 1. The van der Waals surface area contributed by atoms with Gasteiger partial charge in [0.15, 0.2) is 0 Å². The zero-order valence-electron chi connectivity index (χ0n) is 24.4. The van der Waals surface area contributed by atoms with Gasteiger partial charge in [0.05, 0.1) is 17.8 Å². The lowest BCUT2D eigenvalue weighted by Crippen LogP contribution is -2.59. The Morgan fingerprint density at radius 3 is 1.64 bits per heavy atom. The Labute approximate surface area is 255 Å². The van der Waals surface area contributed by atoms with Gasteiger partial charge in [0.1, 0.15) is 24.2 Å². The highest BCUT2D eigenvalue weighted by molar-refractivity contribution is 6.01. The topological polar surface area (TPSA) is 301 Å². The third-order valence-electron chi connectivity index (χ3n) is 5.96. The van der Waals surface area contributed by atoms with Gasteiger partial charge >= 0.3 is 17.9 Å². The highest BCUT2D eigenvalue weighted by Gasteiger charge is 2.34. The number of nitro benzene ring substituents is 1. The lowest BCUT2D eigenvalue weighted by Gasteiger charge is -2.27. The monoisotopic (exact) mass is 638 g/mol. The Morgan fingerprint density at radius 1 is 0.711 bits per heavy atom. The van der Waals surface area contributed by atoms with Crippen LogP contribution >= 0.6 is 0 Å². The summed E-state index contributed by atoms with van der Waals surface area (Å²) < 4.78 is 0. The summed E-state index contributed by atoms with van der Waals surface area (Å²) in [5.41, 5.74) is -0.217. The number of carboxylic acid groups (broad SMARTS) is 3. The highest BCUT2D eigenvalue weighted by atomic mass is 16.6. The van der Waals surface area contributed by atoms with Gasteiger partial charge in [0, 0.05) is 31.2 Å². The summed E-state index contributed by atoms with van der Waals surface area (Å²) in [5.74, 6) is -9.94. The van der Waals surface area contributed by atoms with Crippen LogP contribution in [0.5, 0.6) is 0 Å². The van der Waals surface area contributed by atoms with Gasteiger partial charge in [-0.25, -0.2) is 0 Å². The van der Waals surface area contributed by atoms with Crippen LogP contribution in [0.4, 0.5) is 11.4 Å². The van der Waals surface area contributed by atoms with Gasteiger partial charge < -0.3 is 41.9 Å². The van der Waals surface area contributed by atoms with Crippen molar-refractivity contribution in [1.29, 1.82) is 0 Å². The van der Waals surface area contributed by atoms with Crippen LogP contribution in [-0.2, 0) is 38.4 Å². The maximum atomic E-state index is 13.2. The van der Waals surface area contributed by atoms with Gasteiger partial charge in [0.2, 0.25) is 29.5 Å². The Balaban J connectivity index is 3.16. The van der Waals surface area contributed by atoms with Gasteiger partial charge in [-0.1, -0.05) is 13.8 Å². The van der Waals surface area contributed by atoms with Crippen LogP contribution < -0.4 is 26.6 Å². The number of rotatable bonds is 18. The van der Waals surface area contributed by atoms with Gasteiger partial charge in [-0.2, -0.15) is 0 Å². The van der Waals surface area contributed by atoms with E-state index in [0.717, 1.165) is 19.1 Å². The normalized spacial score (nSPS) is 13.2. The predicted molar refractivity (Wildman–Crippen MR) is 151 cm³/mol. The molecule has 0 saturated heterocycles. The van der Waals surface area contributed by atoms with Crippen molar-refractivity contribution in [3.8, 4) is 0 Å². The molecule has 1 aromatic rings. The largest absolute Gasteiger partial charge is 0.481 e. The van der Waals surface area contributed by atoms with Crippen molar-refractivity contribution in [2.24, 2.45) is 5.92 Å². The van der Waals surface area contributed by atoms with Crippen molar-refractivity contribution < 1.29 is 58.6 Å². The summed E-state index contributed by atoms with van der Waals surface area (Å²) >= 11 is 0. The number of carboxylic acids is 3. The van der Waals surface area contributed by atoms with E-state index in [-0.39, 0.29) is 11.4 Å². The zero-order valence-corrected chi connectivity index (χ0v) is 24.4. The molecule has 0 aliphatic heterocycles. The number of carbonyl (C=O) groups excluding carboxylic acids is 5. The maximum absolute atomic E-state index is 13.2. The molecule has 0 bridgehead atoms. The summed E-state index contributed by atoms with van der Waals surface area (Å²) in [7, 11) is 0. The Morgan fingerprint density at radius 2 is 1.20 bits per heavy atom. The minimum atomic E-state index is -1.68. The minimum absolute atomic E-state index is 0.0569. The zero-order chi connectivity index (χ0) is 34.4. The van der Waals surface area contributed by atoms with Crippen LogP contribution in [0.1, 0.15) is 46.5 Å². The van der Waals surface area contributed by atoms with E-state index in [0.29, 0.717) is 0 Å². The van der Waals surface area contributed by atoms with Crippen molar-refractivity contribution in [1.82, 2.24) is 21.3 Å². The second-order valence-electron chi connectivity index (χ2n) is 10.0. The molecule has 0 aliphatic rings. The number of nitro groups is 1. The van der Waals surface area contributed by atoms with Crippen LogP contribution in [0.15, 0.2) is 24.3 Å². The first-order valence-electron chi connectivity index (χ1n) is 13.3. The summed E-state index contributed by atoms with van der Waals surface area (Å²) in [6.45, 7) is 3.99. The van der Waals surface area contributed by atoms with Crippen LogP contribution in [-0.4, -0.2) is 91.9 Å². The van der Waals surface area contributed by atoms with Gasteiger partial charge in [0.25, 0.3) is 5.69 Å². The highest BCUT2D eigenvalue weighted by Crippen LogP contribution is 2.16. The molecule has 1 aromatic carbocycles. The average Bonchev–Trinajstić information content (AvgIpc) is 2.92. The van der Waals surface area contributed by atoms with Crippen LogP contribution in [0.3, 0.4) is 0 Å². The molecule has 19 heteroatoms. The quantitative estimate of drug-likeness (QED) is 0.0705. The lowest BCUT2D eigenvalue weighted by molar-refractivity contribution is -0.384. The molecule has 0 radical (unpaired) electrons. The molecule has 1 rings (SSSR count). The number of hydrogen-bond acceptors (Lipinski definition) is 10. The number of carbonyl (C=O) groups is 8. The smallest absolute Gasteiger partial charge is 0.305 e. The van der Waals surface area contributed by atoms with Crippen molar-refractivity contribution in [2.45, 2.75) is 70.6 Å². The molecule has 0 heterocycles. The average molecular weight is 639 g/mol. The van der Waals surface area contributed by atoms with Gasteiger partial charge in [-0.3, -0.25) is 48.5 Å². The van der Waals surface area contributed by atoms with Crippen molar-refractivity contribution in [3.05, 3.63) is 34.4 Å². The molecule has 0 saturated carbocycles. The Bertz CT molecular complexity index is 1300. The van der Waals surface area contributed by atoms with E-state index >= 15 is 0 Å². The van der Waals surface area contributed by atoms with Crippen LogP contribution in [0, 0.1) is 16.0 Å². The van der Waals surface area contributed by atoms with Crippen molar-refractivity contribution in [2.75, 3.05) is 5.32 Å². The second-order valence-corrected chi connectivity index (χ2v) is 10.0. The standard InChI is InChI=1S/C26H34N6O13/c1-12(2)22(26(43)30-18(11-21(38)39)24(41)28-14-4-6-15(7-5-14)32(44)45)31-23(40)16(8-9-19(34)35)29-25(42)17(10-20(36)37)27-13(3)33/h4-7,12,16-18,22H,8-11H2,1-3H3,(H,27,33)(H,28,41)(H,29,42)(H,30,43)(H,31,40)(H,34,35)(H,36,37)(H,38,39)/t16?,17-,18?,22?/m0/s1. The summed E-state index contributed by atoms with van der Waals surface area (Å²) in [5, 5.41) is 49.5. The molecule has 5 amide bonds. The minimum Gasteiger partial charge on any atom is -0.481 e. The number of anilines is 1. The fourth-order valence-corrected chi connectivity index (χ4v) is 3.77. The number of aliphatic carboxylic acids is 3. The molecular weight excluding hydrogens is 604 g/mol. The fourth-order valence-electron chi connectivity index (χ4n) is 3.77. The second kappa shape index (κ2) is 17.5. The third kappa shape index (κ3) is 13.5. The molecule has 4 atom stereocenters. The molecule has 8 N–H and O–H groups in total.